The van der Waals surface area contributed by atoms with Gasteiger partial charge in [-0.3, -0.25) is 9.59 Å². The van der Waals surface area contributed by atoms with Gasteiger partial charge in [0.05, 0.1) is 6.61 Å². The minimum Gasteiger partial charge on any atom is -0.385 e. The van der Waals surface area contributed by atoms with Crippen LogP contribution in [-0.4, -0.2) is 62.3 Å². The van der Waals surface area contributed by atoms with Gasteiger partial charge in [0, 0.05) is 26.9 Å². The van der Waals surface area contributed by atoms with E-state index in [1.54, 1.807) is 18.9 Å². The molecule has 1 aliphatic rings. The molecule has 6 nitrogen and oxygen atoms in total. The lowest BCUT2D eigenvalue weighted by atomic mass is 9.99. The standard InChI is InChI=1S/C15H28N2O4/c1-11(2)10-13-15(19)17(12(3)14(18)16-13)6-9-21-8-5-7-20-4/h11-13H,5-10H2,1-4H3,(H,16,18). The highest BCUT2D eigenvalue weighted by Gasteiger charge is 2.37. The summed E-state index contributed by atoms with van der Waals surface area (Å²) in [7, 11) is 1.65. The second-order valence-corrected chi connectivity index (χ2v) is 5.86. The van der Waals surface area contributed by atoms with Gasteiger partial charge in [-0.1, -0.05) is 13.8 Å². The Kier molecular flexibility index (Phi) is 7.67. The van der Waals surface area contributed by atoms with Crippen LogP contribution in [0, 0.1) is 5.92 Å². The van der Waals surface area contributed by atoms with Gasteiger partial charge in [-0.15, -0.1) is 0 Å². The lowest BCUT2D eigenvalue weighted by Gasteiger charge is -2.37. The summed E-state index contributed by atoms with van der Waals surface area (Å²) < 4.78 is 10.4. The molecule has 1 fully saturated rings. The topological polar surface area (TPSA) is 67.9 Å². The van der Waals surface area contributed by atoms with Crippen LogP contribution in [0.4, 0.5) is 0 Å². The minimum atomic E-state index is -0.427. The van der Waals surface area contributed by atoms with Gasteiger partial charge in [-0.05, 0) is 25.7 Å². The Morgan fingerprint density at radius 2 is 1.95 bits per heavy atom. The quantitative estimate of drug-likeness (QED) is 0.640. The Hall–Kier alpha value is -1.14. The summed E-state index contributed by atoms with van der Waals surface area (Å²) in [4.78, 5) is 26.0. The van der Waals surface area contributed by atoms with Crippen molar-refractivity contribution >= 4 is 11.8 Å². The molecule has 1 heterocycles. The highest BCUT2D eigenvalue weighted by Crippen LogP contribution is 2.15. The Labute approximate surface area is 127 Å². The molecule has 1 saturated heterocycles. The molecule has 122 valence electrons. The number of piperazine rings is 1. The molecule has 0 aromatic rings. The van der Waals surface area contributed by atoms with E-state index in [-0.39, 0.29) is 11.8 Å². The van der Waals surface area contributed by atoms with Gasteiger partial charge >= 0.3 is 0 Å². The van der Waals surface area contributed by atoms with Gasteiger partial charge < -0.3 is 19.7 Å². The molecule has 0 aromatic heterocycles. The second kappa shape index (κ2) is 9.00. The fraction of sp³-hybridized carbons (Fsp3) is 0.867. The van der Waals surface area contributed by atoms with Crippen molar-refractivity contribution in [2.24, 2.45) is 5.92 Å². The summed E-state index contributed by atoms with van der Waals surface area (Å²) in [5.74, 6) is 0.274. The van der Waals surface area contributed by atoms with Crippen molar-refractivity contribution in [2.75, 3.05) is 33.5 Å². The maximum Gasteiger partial charge on any atom is 0.245 e. The molecule has 0 bridgehead atoms. The summed E-state index contributed by atoms with van der Waals surface area (Å²) in [5, 5.41) is 2.81. The number of amides is 2. The molecule has 1 rings (SSSR count). The van der Waals surface area contributed by atoms with Crippen LogP contribution in [0.1, 0.15) is 33.6 Å². The van der Waals surface area contributed by atoms with Crippen molar-refractivity contribution in [1.82, 2.24) is 10.2 Å². The summed E-state index contributed by atoms with van der Waals surface area (Å²) in [6.45, 7) is 8.01. The minimum absolute atomic E-state index is 0.00343. The Morgan fingerprint density at radius 1 is 1.24 bits per heavy atom. The van der Waals surface area contributed by atoms with Crippen LogP contribution in [0.25, 0.3) is 0 Å². The highest BCUT2D eigenvalue weighted by molar-refractivity contribution is 5.96. The molecule has 21 heavy (non-hydrogen) atoms. The predicted molar refractivity (Wildman–Crippen MR) is 79.9 cm³/mol. The zero-order valence-electron chi connectivity index (χ0n) is 13.6. The summed E-state index contributed by atoms with van der Waals surface area (Å²) in [6, 6.07) is -0.828. The zero-order chi connectivity index (χ0) is 15.8. The molecule has 2 unspecified atom stereocenters. The number of ether oxygens (including phenoxy) is 2. The van der Waals surface area contributed by atoms with Gasteiger partial charge in [-0.2, -0.15) is 0 Å². The van der Waals surface area contributed by atoms with Gasteiger partial charge in [0.1, 0.15) is 12.1 Å². The highest BCUT2D eigenvalue weighted by atomic mass is 16.5. The molecule has 0 saturated carbocycles. The van der Waals surface area contributed by atoms with E-state index >= 15 is 0 Å². The summed E-state index contributed by atoms with van der Waals surface area (Å²) in [5.41, 5.74) is 0. The molecule has 2 atom stereocenters. The Balaban J connectivity index is 2.45. The van der Waals surface area contributed by atoms with Crippen molar-refractivity contribution in [3.05, 3.63) is 0 Å². The number of carbonyl (C=O) groups excluding carboxylic acids is 2. The van der Waals surface area contributed by atoms with Crippen LogP contribution < -0.4 is 5.32 Å². The van der Waals surface area contributed by atoms with Gasteiger partial charge in [-0.25, -0.2) is 0 Å². The van der Waals surface area contributed by atoms with Crippen LogP contribution in [-0.2, 0) is 19.1 Å². The summed E-state index contributed by atoms with van der Waals surface area (Å²) in [6.07, 6.45) is 1.50. The molecule has 6 heteroatoms. The first-order chi connectivity index (χ1) is 9.97. The van der Waals surface area contributed by atoms with E-state index in [1.807, 2.05) is 13.8 Å². The molecule has 0 aliphatic carbocycles. The molecule has 2 amide bonds. The van der Waals surface area contributed by atoms with Crippen LogP contribution in [0.15, 0.2) is 0 Å². The zero-order valence-corrected chi connectivity index (χ0v) is 13.6. The first-order valence-corrected chi connectivity index (χ1v) is 7.65. The third kappa shape index (κ3) is 5.63. The van der Waals surface area contributed by atoms with E-state index < -0.39 is 12.1 Å². The SMILES string of the molecule is COCCCOCCN1C(=O)C(CC(C)C)NC(=O)C1C. The number of nitrogens with zero attached hydrogens (tertiary/aromatic N) is 1. The van der Waals surface area contributed by atoms with Crippen molar-refractivity contribution in [2.45, 2.75) is 45.7 Å². The number of rotatable bonds is 9. The van der Waals surface area contributed by atoms with Gasteiger partial charge in [0.25, 0.3) is 0 Å². The third-order valence-corrected chi connectivity index (χ3v) is 3.57. The van der Waals surface area contributed by atoms with E-state index in [0.29, 0.717) is 38.7 Å². The Bertz CT molecular complexity index is 347. The fourth-order valence-electron chi connectivity index (χ4n) is 2.39. The van der Waals surface area contributed by atoms with E-state index in [9.17, 15) is 9.59 Å². The smallest absolute Gasteiger partial charge is 0.245 e. The number of hydrogen-bond donors (Lipinski definition) is 1. The maximum atomic E-state index is 12.4. The Morgan fingerprint density at radius 3 is 2.57 bits per heavy atom. The fourth-order valence-corrected chi connectivity index (χ4v) is 2.39. The van der Waals surface area contributed by atoms with Crippen molar-refractivity contribution in [3.63, 3.8) is 0 Å². The largest absolute Gasteiger partial charge is 0.385 e. The molecule has 1 N–H and O–H groups in total. The lowest BCUT2D eigenvalue weighted by Crippen LogP contribution is -2.63. The lowest BCUT2D eigenvalue weighted by molar-refractivity contribution is -0.149. The van der Waals surface area contributed by atoms with Crippen LogP contribution >= 0.6 is 0 Å². The molecular formula is C15H28N2O4. The maximum absolute atomic E-state index is 12.4. The van der Waals surface area contributed by atoms with E-state index in [1.165, 1.54) is 0 Å². The molecule has 0 aromatic carbocycles. The molecular weight excluding hydrogens is 272 g/mol. The normalized spacial score (nSPS) is 22.8. The number of carbonyl (C=O) groups is 2. The molecule has 0 radical (unpaired) electrons. The number of nitrogens with one attached hydrogen (secondary N) is 1. The van der Waals surface area contributed by atoms with Crippen molar-refractivity contribution in [3.8, 4) is 0 Å². The van der Waals surface area contributed by atoms with Crippen molar-refractivity contribution < 1.29 is 19.1 Å². The second-order valence-electron chi connectivity index (χ2n) is 5.86. The number of hydrogen-bond acceptors (Lipinski definition) is 4. The average molecular weight is 300 g/mol. The van der Waals surface area contributed by atoms with E-state index in [0.717, 1.165) is 6.42 Å². The van der Waals surface area contributed by atoms with Crippen LogP contribution in [0.5, 0.6) is 0 Å². The van der Waals surface area contributed by atoms with Crippen molar-refractivity contribution in [1.29, 1.82) is 0 Å². The monoisotopic (exact) mass is 300 g/mol. The molecule has 1 aliphatic heterocycles. The summed E-state index contributed by atoms with van der Waals surface area (Å²) >= 11 is 0. The third-order valence-electron chi connectivity index (χ3n) is 3.57. The van der Waals surface area contributed by atoms with E-state index in [2.05, 4.69) is 5.32 Å². The first kappa shape index (κ1) is 17.9. The van der Waals surface area contributed by atoms with Crippen LogP contribution in [0.3, 0.4) is 0 Å². The predicted octanol–water partition coefficient (Wildman–Crippen LogP) is 0.801. The number of methoxy groups -OCH3 is 1. The molecule has 0 spiro atoms. The van der Waals surface area contributed by atoms with Crippen LogP contribution in [0.2, 0.25) is 0 Å². The van der Waals surface area contributed by atoms with Gasteiger partial charge in [0.2, 0.25) is 11.8 Å². The van der Waals surface area contributed by atoms with E-state index in [4.69, 9.17) is 9.47 Å². The van der Waals surface area contributed by atoms with Gasteiger partial charge in [0.15, 0.2) is 0 Å². The average Bonchev–Trinajstić information content (AvgIpc) is 2.42. The first-order valence-electron chi connectivity index (χ1n) is 7.65.